The van der Waals surface area contributed by atoms with E-state index in [1.54, 1.807) is 19.1 Å². The number of hydrogen-bond donors (Lipinski definition) is 3. The number of imide groups is 1. The highest BCUT2D eigenvalue weighted by atomic mass is 35.5. The van der Waals surface area contributed by atoms with Crippen LogP contribution in [0.15, 0.2) is 36.9 Å². The largest absolute Gasteiger partial charge is 0.454 e. The van der Waals surface area contributed by atoms with Gasteiger partial charge in [-0.3, -0.25) is 14.9 Å². The minimum atomic E-state index is -0.949. The maximum atomic E-state index is 12.4. The third-order valence-electron chi connectivity index (χ3n) is 3.87. The lowest BCUT2D eigenvalue weighted by atomic mass is 9.99. The molecule has 0 aliphatic carbocycles. The molecule has 1 rings (SSSR count). The van der Waals surface area contributed by atoms with Crippen molar-refractivity contribution in [3.63, 3.8) is 0 Å². The lowest BCUT2D eigenvalue weighted by molar-refractivity contribution is -0.151. The summed E-state index contributed by atoms with van der Waals surface area (Å²) in [6, 6.07) is 4.52. The molecule has 0 fully saturated rings. The smallest absolute Gasteiger partial charge is 0.329 e. The Morgan fingerprint density at radius 3 is 2.43 bits per heavy atom. The van der Waals surface area contributed by atoms with Gasteiger partial charge in [-0.15, -0.1) is 6.58 Å². The Labute approximate surface area is 168 Å². The Hall–Kier alpha value is -2.87. The normalized spacial score (nSPS) is 12.2. The van der Waals surface area contributed by atoms with Gasteiger partial charge in [-0.2, -0.15) is 0 Å². The Morgan fingerprint density at radius 2 is 1.86 bits per heavy atom. The highest BCUT2D eigenvalue weighted by molar-refractivity contribution is 6.30. The van der Waals surface area contributed by atoms with Gasteiger partial charge in [0.1, 0.15) is 6.04 Å². The van der Waals surface area contributed by atoms with E-state index in [9.17, 15) is 19.2 Å². The predicted octanol–water partition coefficient (Wildman–Crippen LogP) is 2.04. The summed E-state index contributed by atoms with van der Waals surface area (Å²) in [5.74, 6) is -2.25. The number of amides is 4. The number of carbonyl (C=O) groups is 4. The summed E-state index contributed by atoms with van der Waals surface area (Å²) in [6.07, 6.45) is 2.04. The van der Waals surface area contributed by atoms with E-state index in [0.717, 1.165) is 0 Å². The molecule has 2 atom stereocenters. The average molecular weight is 410 g/mol. The van der Waals surface area contributed by atoms with E-state index in [0.29, 0.717) is 17.0 Å². The number of hydrogen-bond acceptors (Lipinski definition) is 5. The SMILES string of the molecule is C=CCNC(=O)NC(=O)COC(=O)[C@@H](NC(=O)c1ccc(Cl)cc1)[C@@H](C)CC. The Kier molecular flexibility index (Phi) is 9.73. The number of halogens is 1. The zero-order chi connectivity index (χ0) is 21.1. The van der Waals surface area contributed by atoms with Gasteiger partial charge in [0, 0.05) is 17.1 Å². The van der Waals surface area contributed by atoms with Gasteiger partial charge in [0.15, 0.2) is 6.61 Å². The molecule has 0 unspecified atom stereocenters. The Bertz CT molecular complexity index is 721. The molecule has 28 heavy (non-hydrogen) atoms. The van der Waals surface area contributed by atoms with Gasteiger partial charge in [0.05, 0.1) is 0 Å². The Balaban J connectivity index is 2.65. The summed E-state index contributed by atoms with van der Waals surface area (Å²) in [6.45, 7) is 6.60. The summed E-state index contributed by atoms with van der Waals surface area (Å²) in [4.78, 5) is 47.8. The van der Waals surface area contributed by atoms with Crippen LogP contribution in [0.1, 0.15) is 30.6 Å². The van der Waals surface area contributed by atoms with Crippen LogP contribution in [0, 0.1) is 5.92 Å². The summed E-state index contributed by atoms with van der Waals surface area (Å²) in [7, 11) is 0. The monoisotopic (exact) mass is 409 g/mol. The summed E-state index contributed by atoms with van der Waals surface area (Å²) in [5, 5.41) is 7.46. The van der Waals surface area contributed by atoms with Crippen molar-refractivity contribution in [3.05, 3.63) is 47.5 Å². The summed E-state index contributed by atoms with van der Waals surface area (Å²) < 4.78 is 4.96. The quantitative estimate of drug-likeness (QED) is 0.426. The van der Waals surface area contributed by atoms with E-state index in [-0.39, 0.29) is 12.5 Å². The number of benzene rings is 1. The molecule has 1 aromatic rings. The minimum absolute atomic E-state index is 0.186. The molecule has 0 radical (unpaired) electrons. The molecule has 0 aromatic heterocycles. The third kappa shape index (κ3) is 7.79. The first-order valence-corrected chi connectivity index (χ1v) is 9.07. The van der Waals surface area contributed by atoms with Gasteiger partial charge in [-0.25, -0.2) is 9.59 Å². The first-order valence-electron chi connectivity index (χ1n) is 8.70. The average Bonchev–Trinajstić information content (AvgIpc) is 2.68. The molecular formula is C19H24ClN3O5. The van der Waals surface area contributed by atoms with E-state index >= 15 is 0 Å². The van der Waals surface area contributed by atoms with Crippen molar-refractivity contribution in [1.82, 2.24) is 16.0 Å². The van der Waals surface area contributed by atoms with Crippen LogP contribution in [-0.2, 0) is 14.3 Å². The van der Waals surface area contributed by atoms with Crippen LogP contribution in [0.25, 0.3) is 0 Å². The van der Waals surface area contributed by atoms with E-state index in [1.807, 2.05) is 12.2 Å². The number of rotatable bonds is 9. The maximum Gasteiger partial charge on any atom is 0.329 e. The van der Waals surface area contributed by atoms with E-state index in [4.69, 9.17) is 16.3 Å². The topological polar surface area (TPSA) is 114 Å². The third-order valence-corrected chi connectivity index (χ3v) is 4.12. The second kappa shape index (κ2) is 11.8. The molecule has 0 saturated heterocycles. The predicted molar refractivity (Wildman–Crippen MR) is 105 cm³/mol. The van der Waals surface area contributed by atoms with Crippen molar-refractivity contribution >= 4 is 35.4 Å². The molecule has 8 nitrogen and oxygen atoms in total. The number of nitrogens with one attached hydrogen (secondary N) is 3. The fourth-order valence-electron chi connectivity index (χ4n) is 2.09. The zero-order valence-corrected chi connectivity index (χ0v) is 16.5. The molecule has 4 amide bonds. The fourth-order valence-corrected chi connectivity index (χ4v) is 2.22. The first kappa shape index (κ1) is 23.2. The molecule has 0 aliphatic rings. The molecule has 152 valence electrons. The Morgan fingerprint density at radius 1 is 1.21 bits per heavy atom. The van der Waals surface area contributed by atoms with E-state index < -0.39 is 36.5 Å². The highest BCUT2D eigenvalue weighted by Crippen LogP contribution is 2.13. The molecular weight excluding hydrogens is 386 g/mol. The van der Waals surface area contributed by atoms with Crippen molar-refractivity contribution in [1.29, 1.82) is 0 Å². The standard InChI is InChI=1S/C19H24ClN3O5/c1-4-10-21-19(27)22-15(24)11-28-18(26)16(12(3)5-2)23-17(25)13-6-8-14(20)9-7-13/h4,6-9,12,16H,1,5,10-11H2,2-3H3,(H,23,25)(H2,21,22,24,27)/t12-,16-/m0/s1. The molecule has 0 saturated carbocycles. The molecule has 0 spiro atoms. The molecule has 9 heteroatoms. The number of esters is 1. The van der Waals surface area contributed by atoms with Crippen LogP contribution in [-0.4, -0.2) is 43.0 Å². The van der Waals surface area contributed by atoms with Crippen LogP contribution < -0.4 is 16.0 Å². The molecule has 3 N–H and O–H groups in total. The number of ether oxygens (including phenoxy) is 1. The summed E-state index contributed by atoms with van der Waals surface area (Å²) in [5.41, 5.74) is 0.335. The van der Waals surface area contributed by atoms with Gasteiger partial charge in [0.2, 0.25) is 0 Å². The first-order chi connectivity index (χ1) is 13.3. The second-order valence-corrected chi connectivity index (χ2v) is 6.43. The maximum absolute atomic E-state index is 12.4. The van der Waals surface area contributed by atoms with Gasteiger partial charge >= 0.3 is 12.0 Å². The van der Waals surface area contributed by atoms with Crippen molar-refractivity contribution in [2.45, 2.75) is 26.3 Å². The molecule has 0 bridgehead atoms. The van der Waals surface area contributed by atoms with Crippen molar-refractivity contribution in [2.75, 3.05) is 13.2 Å². The van der Waals surface area contributed by atoms with Crippen LogP contribution in [0.3, 0.4) is 0 Å². The van der Waals surface area contributed by atoms with Gasteiger partial charge in [-0.1, -0.05) is 37.9 Å². The minimum Gasteiger partial charge on any atom is -0.454 e. The van der Waals surface area contributed by atoms with Crippen molar-refractivity contribution in [3.8, 4) is 0 Å². The van der Waals surface area contributed by atoms with Gasteiger partial charge < -0.3 is 15.4 Å². The van der Waals surface area contributed by atoms with Crippen LogP contribution in [0.5, 0.6) is 0 Å². The lowest BCUT2D eigenvalue weighted by Crippen LogP contribution is -2.47. The van der Waals surface area contributed by atoms with E-state index in [1.165, 1.54) is 18.2 Å². The molecule has 0 aliphatic heterocycles. The van der Waals surface area contributed by atoms with Crippen LogP contribution >= 0.6 is 11.6 Å². The van der Waals surface area contributed by atoms with Gasteiger partial charge in [-0.05, 0) is 30.2 Å². The number of urea groups is 1. The van der Waals surface area contributed by atoms with Crippen molar-refractivity contribution in [2.24, 2.45) is 5.92 Å². The van der Waals surface area contributed by atoms with Crippen LogP contribution in [0.4, 0.5) is 4.79 Å². The van der Waals surface area contributed by atoms with Crippen LogP contribution in [0.2, 0.25) is 5.02 Å². The van der Waals surface area contributed by atoms with E-state index in [2.05, 4.69) is 17.2 Å². The zero-order valence-electron chi connectivity index (χ0n) is 15.8. The van der Waals surface area contributed by atoms with Crippen molar-refractivity contribution < 1.29 is 23.9 Å². The molecule has 0 heterocycles. The number of carbonyl (C=O) groups excluding carboxylic acids is 4. The summed E-state index contributed by atoms with van der Waals surface area (Å²) >= 11 is 5.80. The highest BCUT2D eigenvalue weighted by Gasteiger charge is 2.28. The fraction of sp³-hybridized carbons (Fsp3) is 0.368. The lowest BCUT2D eigenvalue weighted by Gasteiger charge is -2.22. The van der Waals surface area contributed by atoms with Gasteiger partial charge in [0.25, 0.3) is 11.8 Å². The molecule has 1 aromatic carbocycles. The second-order valence-electron chi connectivity index (χ2n) is 6.00.